The first kappa shape index (κ1) is 25.2. The third-order valence-corrected chi connectivity index (χ3v) is 9.55. The number of rotatable bonds is 3. The van der Waals surface area contributed by atoms with Crippen molar-refractivity contribution in [3.05, 3.63) is 164 Å². The predicted octanol–water partition coefficient (Wildman–Crippen LogP) is 12.2. The van der Waals surface area contributed by atoms with Gasteiger partial charge in [-0.15, -0.1) is 0 Å². The van der Waals surface area contributed by atoms with Crippen LogP contribution in [0.25, 0.3) is 82.4 Å². The summed E-state index contributed by atoms with van der Waals surface area (Å²) in [4.78, 5) is 0. The summed E-state index contributed by atoms with van der Waals surface area (Å²) in [6, 6.07) is 59.0. The molecule has 0 spiro atoms. The number of ether oxygens (including phenoxy) is 1. The molecule has 0 unspecified atom stereocenters. The zero-order valence-corrected chi connectivity index (χ0v) is 24.9. The van der Waals surface area contributed by atoms with Crippen LogP contribution in [-0.2, 0) is 0 Å². The summed E-state index contributed by atoms with van der Waals surface area (Å²) in [5.74, 6) is 1.82. The second kappa shape index (κ2) is 9.69. The summed E-state index contributed by atoms with van der Waals surface area (Å²) in [5, 5.41) is 7.41. The van der Waals surface area contributed by atoms with Crippen molar-refractivity contribution in [2.45, 2.75) is 0 Å². The lowest BCUT2D eigenvalue weighted by molar-refractivity contribution is 0.487. The van der Waals surface area contributed by atoms with E-state index in [1.807, 2.05) is 0 Å². The maximum atomic E-state index is 6.39. The van der Waals surface area contributed by atoms with Crippen LogP contribution in [-0.4, -0.2) is 4.57 Å². The van der Waals surface area contributed by atoms with E-state index in [2.05, 4.69) is 168 Å². The zero-order valence-electron chi connectivity index (χ0n) is 24.9. The Kier molecular flexibility index (Phi) is 5.31. The van der Waals surface area contributed by atoms with Gasteiger partial charge in [0, 0.05) is 32.8 Å². The van der Waals surface area contributed by atoms with Gasteiger partial charge in [-0.3, -0.25) is 0 Å². The summed E-state index contributed by atoms with van der Waals surface area (Å²) in [6.45, 7) is 0. The van der Waals surface area contributed by atoms with Gasteiger partial charge in [0.1, 0.15) is 11.5 Å². The first-order valence-corrected chi connectivity index (χ1v) is 15.8. The fourth-order valence-corrected chi connectivity index (χ4v) is 7.52. The summed E-state index contributed by atoms with van der Waals surface area (Å²) in [7, 11) is 0. The van der Waals surface area contributed by atoms with E-state index in [0.29, 0.717) is 0 Å². The van der Waals surface area contributed by atoms with Crippen LogP contribution in [0.4, 0.5) is 0 Å². The molecule has 2 nitrogen and oxygen atoms in total. The van der Waals surface area contributed by atoms with Crippen LogP contribution >= 0.6 is 0 Å². The molecule has 0 N–H and O–H groups in total. The van der Waals surface area contributed by atoms with Crippen molar-refractivity contribution in [2.75, 3.05) is 0 Å². The second-order valence-corrected chi connectivity index (χ2v) is 12.1. The Morgan fingerprint density at radius 1 is 0.391 bits per heavy atom. The normalized spacial score (nSPS) is 12.1. The lowest BCUT2D eigenvalue weighted by Gasteiger charge is -2.22. The standard InChI is InChI=1S/C44H27NO/c1-2-15-33(16-3-1)45-39-20-9-18-34(43(39)37-24-22-28-10-4-5-17-35(28)44(37)45)32-14-6-13-30(26-32)31-23-25-40-38(27-31)36-19-7-11-29-12-8-21-41(46-40)42(29)36/h1-27H. The molecule has 0 radical (unpaired) electrons. The Morgan fingerprint density at radius 2 is 1.13 bits per heavy atom. The quantitative estimate of drug-likeness (QED) is 0.201. The molecule has 0 atom stereocenters. The molecule has 9 aromatic rings. The average molecular weight is 586 g/mol. The van der Waals surface area contributed by atoms with Crippen LogP contribution in [0.3, 0.4) is 0 Å². The van der Waals surface area contributed by atoms with E-state index in [-0.39, 0.29) is 0 Å². The molecule has 1 aromatic heterocycles. The first-order valence-electron chi connectivity index (χ1n) is 15.8. The van der Waals surface area contributed by atoms with Crippen LogP contribution in [0.5, 0.6) is 11.5 Å². The molecule has 0 fully saturated rings. The molecule has 0 bridgehead atoms. The molecular weight excluding hydrogens is 558 g/mol. The van der Waals surface area contributed by atoms with Crippen molar-refractivity contribution in [1.29, 1.82) is 0 Å². The molecule has 214 valence electrons. The third kappa shape index (κ3) is 3.65. The number of nitrogens with zero attached hydrogens (tertiary/aromatic N) is 1. The van der Waals surface area contributed by atoms with Crippen molar-refractivity contribution in [3.63, 3.8) is 0 Å². The topological polar surface area (TPSA) is 14.2 Å². The summed E-state index contributed by atoms with van der Waals surface area (Å²) in [5.41, 5.74) is 10.7. The van der Waals surface area contributed by atoms with E-state index in [1.54, 1.807) is 0 Å². The molecule has 1 aliphatic heterocycles. The summed E-state index contributed by atoms with van der Waals surface area (Å²) >= 11 is 0. The highest BCUT2D eigenvalue weighted by Crippen LogP contribution is 2.48. The van der Waals surface area contributed by atoms with Crippen molar-refractivity contribution < 1.29 is 4.74 Å². The predicted molar refractivity (Wildman–Crippen MR) is 192 cm³/mol. The van der Waals surface area contributed by atoms with Gasteiger partial charge >= 0.3 is 0 Å². The Balaban J connectivity index is 1.18. The monoisotopic (exact) mass is 585 g/mol. The van der Waals surface area contributed by atoms with Crippen LogP contribution in [0.15, 0.2) is 164 Å². The molecule has 2 heteroatoms. The molecule has 0 saturated carbocycles. The number of hydrogen-bond donors (Lipinski definition) is 0. The maximum absolute atomic E-state index is 6.39. The SMILES string of the molecule is c1ccc(-n2c3cccc(-c4cccc(-c5ccc6c(c5)-c5cccc7cccc(c57)O6)c4)c3c3ccc4ccccc4c32)cc1. The number of fused-ring (bicyclic) bond motifs is 7. The van der Waals surface area contributed by atoms with Gasteiger partial charge in [0.15, 0.2) is 0 Å². The average Bonchev–Trinajstić information content (AvgIpc) is 3.47. The van der Waals surface area contributed by atoms with Gasteiger partial charge < -0.3 is 9.30 Å². The zero-order chi connectivity index (χ0) is 30.2. The third-order valence-electron chi connectivity index (χ3n) is 9.55. The van der Waals surface area contributed by atoms with E-state index in [9.17, 15) is 0 Å². The summed E-state index contributed by atoms with van der Waals surface area (Å²) in [6.07, 6.45) is 0. The molecule has 46 heavy (non-hydrogen) atoms. The number of hydrogen-bond acceptors (Lipinski definition) is 1. The maximum Gasteiger partial charge on any atom is 0.135 e. The molecule has 0 aliphatic carbocycles. The van der Waals surface area contributed by atoms with E-state index in [1.165, 1.54) is 71.2 Å². The van der Waals surface area contributed by atoms with Crippen molar-refractivity contribution in [2.24, 2.45) is 0 Å². The van der Waals surface area contributed by atoms with Gasteiger partial charge in [0.05, 0.1) is 11.0 Å². The number of para-hydroxylation sites is 1. The minimum absolute atomic E-state index is 0.900. The minimum Gasteiger partial charge on any atom is -0.456 e. The highest BCUT2D eigenvalue weighted by atomic mass is 16.5. The fourth-order valence-electron chi connectivity index (χ4n) is 7.52. The largest absolute Gasteiger partial charge is 0.456 e. The molecule has 1 aliphatic rings. The highest BCUT2D eigenvalue weighted by molar-refractivity contribution is 6.22. The van der Waals surface area contributed by atoms with E-state index in [4.69, 9.17) is 4.74 Å². The molecule has 0 saturated heterocycles. The molecular formula is C44H27NO. The lowest BCUT2D eigenvalue weighted by atomic mass is 9.91. The lowest BCUT2D eigenvalue weighted by Crippen LogP contribution is -1.97. The van der Waals surface area contributed by atoms with Gasteiger partial charge in [-0.25, -0.2) is 0 Å². The second-order valence-electron chi connectivity index (χ2n) is 12.1. The van der Waals surface area contributed by atoms with Crippen molar-refractivity contribution in [3.8, 4) is 50.6 Å². The Bertz CT molecular complexity index is 2660. The van der Waals surface area contributed by atoms with Crippen LogP contribution in [0, 0.1) is 0 Å². The molecule has 10 rings (SSSR count). The van der Waals surface area contributed by atoms with Crippen molar-refractivity contribution >= 4 is 43.4 Å². The van der Waals surface area contributed by atoms with E-state index < -0.39 is 0 Å². The Hall–Kier alpha value is -6.12. The fraction of sp³-hybridized carbons (Fsp3) is 0. The first-order chi connectivity index (χ1) is 22.8. The Morgan fingerprint density at radius 3 is 2.07 bits per heavy atom. The van der Waals surface area contributed by atoms with Gasteiger partial charge in [-0.1, -0.05) is 121 Å². The van der Waals surface area contributed by atoms with E-state index in [0.717, 1.165) is 22.7 Å². The number of aromatic nitrogens is 1. The number of benzene rings is 8. The van der Waals surface area contributed by atoms with Crippen LogP contribution in [0.2, 0.25) is 0 Å². The Labute approximate surface area is 266 Å². The van der Waals surface area contributed by atoms with Gasteiger partial charge in [-0.05, 0) is 81.1 Å². The van der Waals surface area contributed by atoms with Crippen molar-refractivity contribution in [1.82, 2.24) is 4.57 Å². The molecule has 2 heterocycles. The van der Waals surface area contributed by atoms with Gasteiger partial charge in [-0.2, -0.15) is 0 Å². The van der Waals surface area contributed by atoms with Crippen LogP contribution in [0.1, 0.15) is 0 Å². The minimum atomic E-state index is 0.900. The van der Waals surface area contributed by atoms with Gasteiger partial charge in [0.25, 0.3) is 0 Å². The summed E-state index contributed by atoms with van der Waals surface area (Å²) < 4.78 is 8.82. The van der Waals surface area contributed by atoms with E-state index >= 15 is 0 Å². The van der Waals surface area contributed by atoms with Gasteiger partial charge in [0.2, 0.25) is 0 Å². The van der Waals surface area contributed by atoms with Crippen LogP contribution < -0.4 is 4.74 Å². The highest BCUT2D eigenvalue weighted by Gasteiger charge is 2.21. The smallest absolute Gasteiger partial charge is 0.135 e. The molecule has 0 amide bonds. The molecule has 8 aromatic carbocycles.